The van der Waals surface area contributed by atoms with E-state index in [0.717, 1.165) is 43.9 Å². The average molecular weight is 377 g/mol. The van der Waals surface area contributed by atoms with E-state index in [4.69, 9.17) is 0 Å². The Hall–Kier alpha value is -0.980. The summed E-state index contributed by atoms with van der Waals surface area (Å²) in [6, 6.07) is 8.04. The van der Waals surface area contributed by atoms with Crippen molar-refractivity contribution < 1.29 is 9.59 Å². The maximum Gasteiger partial charge on any atom is 0.242 e. The van der Waals surface area contributed by atoms with Gasteiger partial charge in [0.25, 0.3) is 0 Å². The summed E-state index contributed by atoms with van der Waals surface area (Å²) in [5.74, 6) is 1.94. The third-order valence-electron chi connectivity index (χ3n) is 5.80. The summed E-state index contributed by atoms with van der Waals surface area (Å²) in [5.41, 5.74) is 2.67. The molecule has 2 saturated heterocycles. The Balaban J connectivity index is 1.50. The number of nitrogens with zero attached hydrogens (tertiary/aromatic N) is 2. The predicted molar refractivity (Wildman–Crippen MR) is 104 cm³/mol. The number of thioether (sulfide) groups is 1. The first-order valence-electron chi connectivity index (χ1n) is 9.07. The van der Waals surface area contributed by atoms with Crippen molar-refractivity contribution in [3.05, 3.63) is 35.4 Å². The molecule has 4 rings (SSSR count). The molecule has 0 radical (unpaired) electrons. The zero-order valence-electron chi connectivity index (χ0n) is 14.3. The molecular weight excluding hydrogens is 352 g/mol. The van der Waals surface area contributed by atoms with Gasteiger partial charge in [-0.15, -0.1) is 11.8 Å². The van der Waals surface area contributed by atoms with Crippen LogP contribution in [0.3, 0.4) is 0 Å². The number of fused-ring (bicyclic) bond motifs is 1. The zero-order valence-corrected chi connectivity index (χ0v) is 16.0. The van der Waals surface area contributed by atoms with Gasteiger partial charge in [-0.05, 0) is 36.8 Å². The van der Waals surface area contributed by atoms with Gasteiger partial charge in [0.1, 0.15) is 11.8 Å². The lowest BCUT2D eigenvalue weighted by atomic mass is 9.77. The van der Waals surface area contributed by atoms with Crippen LogP contribution in [0, 0.1) is 11.8 Å². The molecule has 1 aliphatic carbocycles. The number of rotatable bonds is 3. The van der Waals surface area contributed by atoms with Crippen LogP contribution in [0.15, 0.2) is 24.3 Å². The van der Waals surface area contributed by atoms with Gasteiger partial charge in [-0.2, -0.15) is 0 Å². The number of amides is 1. The largest absolute Gasteiger partial charge is 0.331 e. The van der Waals surface area contributed by atoms with Crippen LogP contribution in [0.2, 0.25) is 0 Å². The standard InChI is InChI=1S/C19H24N2O2S2/c22-18(15-6-5-13-3-1-2-4-14(13)11-15)16-7-8-21(24)17(16)19(23)20-9-10-25-12-20/h1-4,15-17,24H,5-12H2/t15?,16?,17-/m1/s1. The van der Waals surface area contributed by atoms with Crippen LogP contribution in [0.25, 0.3) is 0 Å². The molecule has 1 aromatic rings. The van der Waals surface area contributed by atoms with Crippen molar-refractivity contribution in [3.8, 4) is 0 Å². The Morgan fingerprint density at radius 3 is 2.68 bits per heavy atom. The normalized spacial score (nSPS) is 29.6. The fraction of sp³-hybridized carbons (Fsp3) is 0.579. The fourth-order valence-corrected chi connectivity index (χ4v) is 5.72. The van der Waals surface area contributed by atoms with Crippen molar-refractivity contribution >= 4 is 36.3 Å². The first-order valence-corrected chi connectivity index (χ1v) is 10.6. The summed E-state index contributed by atoms with van der Waals surface area (Å²) < 4.78 is 1.80. The summed E-state index contributed by atoms with van der Waals surface area (Å²) in [6.45, 7) is 1.50. The summed E-state index contributed by atoms with van der Waals surface area (Å²) >= 11 is 6.29. The van der Waals surface area contributed by atoms with Gasteiger partial charge in [-0.1, -0.05) is 37.1 Å². The fourth-order valence-electron chi connectivity index (χ4n) is 4.39. The van der Waals surface area contributed by atoms with Gasteiger partial charge in [0, 0.05) is 30.7 Å². The number of Topliss-reactive ketones (excluding diaryl/α,β-unsaturated/α-hetero) is 1. The van der Waals surface area contributed by atoms with E-state index in [9.17, 15) is 9.59 Å². The van der Waals surface area contributed by atoms with E-state index >= 15 is 0 Å². The van der Waals surface area contributed by atoms with Gasteiger partial charge in [0.15, 0.2) is 0 Å². The Morgan fingerprint density at radius 1 is 1.12 bits per heavy atom. The summed E-state index contributed by atoms with van der Waals surface area (Å²) in [7, 11) is 0. The number of aryl methyl sites for hydroxylation is 1. The van der Waals surface area contributed by atoms with Crippen LogP contribution in [0.5, 0.6) is 0 Å². The molecule has 3 aliphatic rings. The molecule has 3 atom stereocenters. The zero-order chi connectivity index (χ0) is 17.4. The van der Waals surface area contributed by atoms with E-state index in [2.05, 4.69) is 31.0 Å². The highest BCUT2D eigenvalue weighted by atomic mass is 32.2. The summed E-state index contributed by atoms with van der Waals surface area (Å²) in [4.78, 5) is 28.1. The Morgan fingerprint density at radius 2 is 1.92 bits per heavy atom. The molecule has 25 heavy (non-hydrogen) atoms. The van der Waals surface area contributed by atoms with Gasteiger partial charge >= 0.3 is 0 Å². The number of hydrogen-bond donors (Lipinski definition) is 1. The SMILES string of the molecule is O=C(C1CCc2ccccc2C1)C1CCN(S)[C@H]1C(=O)N1CCSC1. The van der Waals surface area contributed by atoms with Crippen LogP contribution in [-0.4, -0.2) is 51.7 Å². The van der Waals surface area contributed by atoms with Crippen molar-refractivity contribution in [2.45, 2.75) is 31.7 Å². The molecule has 0 saturated carbocycles. The van der Waals surface area contributed by atoms with Crippen molar-refractivity contribution in [1.82, 2.24) is 9.21 Å². The number of benzene rings is 1. The lowest BCUT2D eigenvalue weighted by molar-refractivity contribution is -0.138. The van der Waals surface area contributed by atoms with Gasteiger partial charge in [-0.25, -0.2) is 4.31 Å². The Kier molecular flexibility index (Phi) is 5.11. The van der Waals surface area contributed by atoms with Gasteiger partial charge < -0.3 is 4.90 Å². The minimum atomic E-state index is -0.383. The van der Waals surface area contributed by atoms with E-state index in [1.165, 1.54) is 11.1 Å². The molecule has 0 aromatic heterocycles. The molecule has 2 fully saturated rings. The lowest BCUT2D eigenvalue weighted by Crippen LogP contribution is -2.47. The average Bonchev–Trinajstić information content (AvgIpc) is 3.30. The molecule has 1 amide bonds. The summed E-state index contributed by atoms with van der Waals surface area (Å²) in [5, 5.41) is 0. The second-order valence-corrected chi connectivity index (χ2v) is 8.84. The van der Waals surface area contributed by atoms with E-state index in [1.54, 1.807) is 16.1 Å². The first-order chi connectivity index (χ1) is 12.1. The maximum absolute atomic E-state index is 13.2. The third kappa shape index (κ3) is 3.36. The molecule has 1 aromatic carbocycles. The molecule has 0 spiro atoms. The van der Waals surface area contributed by atoms with Gasteiger partial charge in [-0.3, -0.25) is 9.59 Å². The smallest absolute Gasteiger partial charge is 0.242 e. The van der Waals surface area contributed by atoms with Crippen LogP contribution in [0.4, 0.5) is 0 Å². The highest BCUT2D eigenvalue weighted by Gasteiger charge is 2.46. The van der Waals surface area contributed by atoms with Crippen molar-refractivity contribution in [1.29, 1.82) is 0 Å². The van der Waals surface area contributed by atoms with Gasteiger partial charge in [0.05, 0.1) is 5.88 Å². The maximum atomic E-state index is 13.2. The Bertz CT molecular complexity index is 675. The highest BCUT2D eigenvalue weighted by Crippen LogP contribution is 2.35. The van der Waals surface area contributed by atoms with E-state index in [1.807, 2.05) is 11.0 Å². The lowest BCUT2D eigenvalue weighted by Gasteiger charge is -2.30. The van der Waals surface area contributed by atoms with Crippen molar-refractivity contribution in [3.63, 3.8) is 0 Å². The Labute approximate surface area is 158 Å². The van der Waals surface area contributed by atoms with Crippen LogP contribution in [0.1, 0.15) is 24.0 Å². The molecular formula is C19H24N2O2S2. The van der Waals surface area contributed by atoms with E-state index in [0.29, 0.717) is 6.54 Å². The summed E-state index contributed by atoms with van der Waals surface area (Å²) in [6.07, 6.45) is 3.43. The molecule has 0 N–H and O–H groups in total. The molecule has 0 bridgehead atoms. The first kappa shape index (κ1) is 17.4. The van der Waals surface area contributed by atoms with Crippen LogP contribution < -0.4 is 0 Å². The second kappa shape index (κ2) is 7.33. The monoisotopic (exact) mass is 376 g/mol. The molecule has 2 heterocycles. The number of thiol groups is 1. The molecule has 2 unspecified atom stereocenters. The molecule has 134 valence electrons. The quantitative estimate of drug-likeness (QED) is 0.823. The third-order valence-corrected chi connectivity index (χ3v) is 7.22. The second-order valence-electron chi connectivity index (χ2n) is 7.25. The molecule has 2 aliphatic heterocycles. The molecule has 6 heteroatoms. The minimum Gasteiger partial charge on any atom is -0.331 e. The highest BCUT2D eigenvalue weighted by molar-refractivity contribution is 7.99. The predicted octanol–water partition coefficient (Wildman–Crippen LogP) is 2.43. The number of carbonyl (C=O) groups is 2. The van der Waals surface area contributed by atoms with Crippen molar-refractivity contribution in [2.24, 2.45) is 11.8 Å². The minimum absolute atomic E-state index is 0.0444. The topological polar surface area (TPSA) is 40.6 Å². The van der Waals surface area contributed by atoms with Crippen molar-refractivity contribution in [2.75, 3.05) is 24.7 Å². The number of hydrogen-bond acceptors (Lipinski definition) is 5. The van der Waals surface area contributed by atoms with E-state index < -0.39 is 0 Å². The van der Waals surface area contributed by atoms with Crippen LogP contribution in [-0.2, 0) is 22.4 Å². The molecule has 4 nitrogen and oxygen atoms in total. The number of ketones is 1. The van der Waals surface area contributed by atoms with E-state index in [-0.39, 0.29) is 29.6 Å². The van der Waals surface area contributed by atoms with Gasteiger partial charge in [0.2, 0.25) is 5.91 Å². The number of carbonyl (C=O) groups excluding carboxylic acids is 2. The van der Waals surface area contributed by atoms with Crippen LogP contribution >= 0.6 is 24.6 Å².